The molecular formula is C11H17NO3. The molecule has 0 aliphatic heterocycles. The van der Waals surface area contributed by atoms with Crippen LogP contribution < -0.4 is 5.32 Å². The van der Waals surface area contributed by atoms with Crippen LogP contribution in [0.25, 0.3) is 0 Å². The first-order chi connectivity index (χ1) is 7.19. The van der Waals surface area contributed by atoms with Crippen LogP contribution in [0.15, 0.2) is 22.8 Å². The van der Waals surface area contributed by atoms with E-state index in [1.165, 1.54) is 7.11 Å². The summed E-state index contributed by atoms with van der Waals surface area (Å²) in [6.45, 7) is 3.81. The van der Waals surface area contributed by atoms with Crippen LogP contribution in [0.5, 0.6) is 0 Å². The minimum absolute atomic E-state index is 0.0501. The molecule has 84 valence electrons. The van der Waals surface area contributed by atoms with Crippen LogP contribution in [0.2, 0.25) is 0 Å². The quantitative estimate of drug-likeness (QED) is 0.755. The van der Waals surface area contributed by atoms with Crippen LogP contribution in [0.3, 0.4) is 0 Å². The van der Waals surface area contributed by atoms with Gasteiger partial charge in [-0.15, -0.1) is 0 Å². The predicted molar refractivity (Wildman–Crippen MR) is 56.4 cm³/mol. The molecule has 2 unspecified atom stereocenters. The molecule has 1 heterocycles. The molecule has 0 saturated carbocycles. The van der Waals surface area contributed by atoms with E-state index in [9.17, 15) is 4.79 Å². The van der Waals surface area contributed by atoms with E-state index in [0.29, 0.717) is 0 Å². The van der Waals surface area contributed by atoms with Gasteiger partial charge in [-0.1, -0.05) is 6.92 Å². The zero-order valence-electron chi connectivity index (χ0n) is 9.32. The summed E-state index contributed by atoms with van der Waals surface area (Å²) in [5.41, 5.74) is 0. The Morgan fingerprint density at radius 3 is 2.87 bits per heavy atom. The van der Waals surface area contributed by atoms with Crippen LogP contribution in [-0.4, -0.2) is 19.1 Å². The maximum atomic E-state index is 11.2. The lowest BCUT2D eigenvalue weighted by atomic mass is 10.1. The Balaban J connectivity index is 2.58. The molecule has 4 heteroatoms. The molecule has 0 saturated heterocycles. The Hall–Kier alpha value is -1.29. The molecule has 1 N–H and O–H groups in total. The number of furan rings is 1. The van der Waals surface area contributed by atoms with Crippen molar-refractivity contribution in [3.8, 4) is 0 Å². The van der Waals surface area contributed by atoms with Gasteiger partial charge in [-0.3, -0.25) is 10.1 Å². The standard InChI is InChI=1S/C11H17NO3/c1-4-9(10-6-5-7-15-10)12-8(2)11(13)14-3/h5-9,12H,4H2,1-3H3. The average molecular weight is 211 g/mol. The molecule has 1 rings (SSSR count). The van der Waals surface area contributed by atoms with E-state index in [1.54, 1.807) is 13.2 Å². The number of nitrogens with one attached hydrogen (secondary N) is 1. The Morgan fingerprint density at radius 2 is 2.40 bits per heavy atom. The molecule has 0 spiro atoms. The third-order valence-electron chi connectivity index (χ3n) is 2.30. The van der Waals surface area contributed by atoms with Crippen molar-refractivity contribution in [2.45, 2.75) is 32.4 Å². The topological polar surface area (TPSA) is 51.5 Å². The van der Waals surface area contributed by atoms with Gasteiger partial charge in [0, 0.05) is 0 Å². The summed E-state index contributed by atoms with van der Waals surface area (Å²) in [5, 5.41) is 3.15. The van der Waals surface area contributed by atoms with Crippen molar-refractivity contribution in [3.05, 3.63) is 24.2 Å². The smallest absolute Gasteiger partial charge is 0.322 e. The van der Waals surface area contributed by atoms with E-state index >= 15 is 0 Å². The van der Waals surface area contributed by atoms with Crippen molar-refractivity contribution < 1.29 is 13.9 Å². The lowest BCUT2D eigenvalue weighted by Gasteiger charge is -2.18. The van der Waals surface area contributed by atoms with E-state index in [2.05, 4.69) is 10.1 Å². The maximum absolute atomic E-state index is 11.2. The minimum atomic E-state index is -0.329. The van der Waals surface area contributed by atoms with Gasteiger partial charge in [-0.05, 0) is 25.5 Å². The van der Waals surface area contributed by atoms with Crippen LogP contribution in [0.4, 0.5) is 0 Å². The Morgan fingerprint density at radius 1 is 1.67 bits per heavy atom. The van der Waals surface area contributed by atoms with E-state index in [4.69, 9.17) is 4.42 Å². The molecule has 0 radical (unpaired) electrons. The molecule has 0 amide bonds. The lowest BCUT2D eigenvalue weighted by molar-refractivity contribution is -0.142. The number of methoxy groups -OCH3 is 1. The minimum Gasteiger partial charge on any atom is -0.468 e. The number of hydrogen-bond acceptors (Lipinski definition) is 4. The molecule has 0 bridgehead atoms. The Bertz CT molecular complexity index is 295. The summed E-state index contributed by atoms with van der Waals surface area (Å²) in [6, 6.07) is 3.45. The second-order valence-corrected chi connectivity index (χ2v) is 3.39. The molecule has 0 aromatic carbocycles. The van der Waals surface area contributed by atoms with Crippen LogP contribution in [0.1, 0.15) is 32.1 Å². The number of carbonyl (C=O) groups is 1. The predicted octanol–water partition coefficient (Wildman–Crippen LogP) is 1.88. The number of carbonyl (C=O) groups excluding carboxylic acids is 1. The first kappa shape index (κ1) is 11.8. The van der Waals surface area contributed by atoms with Crippen LogP contribution >= 0.6 is 0 Å². The number of rotatable bonds is 5. The summed E-state index contributed by atoms with van der Waals surface area (Å²) in [5.74, 6) is 0.577. The summed E-state index contributed by atoms with van der Waals surface area (Å²) >= 11 is 0. The number of esters is 1. The molecule has 1 aromatic rings. The van der Waals surface area contributed by atoms with Gasteiger partial charge in [-0.2, -0.15) is 0 Å². The zero-order chi connectivity index (χ0) is 11.3. The van der Waals surface area contributed by atoms with Crippen LogP contribution in [-0.2, 0) is 9.53 Å². The van der Waals surface area contributed by atoms with E-state index in [-0.39, 0.29) is 18.1 Å². The van der Waals surface area contributed by atoms with Crippen molar-refractivity contribution in [2.24, 2.45) is 0 Å². The monoisotopic (exact) mass is 211 g/mol. The van der Waals surface area contributed by atoms with E-state index < -0.39 is 0 Å². The molecule has 1 aromatic heterocycles. The van der Waals surface area contributed by atoms with Crippen molar-refractivity contribution in [3.63, 3.8) is 0 Å². The Labute approximate surface area is 89.6 Å². The van der Waals surface area contributed by atoms with Gasteiger partial charge in [0.15, 0.2) is 0 Å². The first-order valence-corrected chi connectivity index (χ1v) is 5.06. The lowest BCUT2D eigenvalue weighted by Crippen LogP contribution is -2.37. The van der Waals surface area contributed by atoms with Gasteiger partial charge in [-0.25, -0.2) is 0 Å². The third-order valence-corrected chi connectivity index (χ3v) is 2.30. The fraction of sp³-hybridized carbons (Fsp3) is 0.545. The van der Waals surface area contributed by atoms with Crippen LogP contribution in [0, 0.1) is 0 Å². The molecule has 0 aliphatic rings. The van der Waals surface area contributed by atoms with Crippen molar-refractivity contribution in [1.29, 1.82) is 0 Å². The SMILES string of the molecule is CCC(NC(C)C(=O)OC)c1ccco1. The van der Waals surface area contributed by atoms with Gasteiger partial charge in [0.2, 0.25) is 0 Å². The third kappa shape index (κ3) is 3.09. The second kappa shape index (κ2) is 5.56. The highest BCUT2D eigenvalue weighted by molar-refractivity contribution is 5.75. The highest BCUT2D eigenvalue weighted by atomic mass is 16.5. The molecule has 0 fully saturated rings. The van der Waals surface area contributed by atoms with Crippen molar-refractivity contribution >= 4 is 5.97 Å². The number of ether oxygens (including phenoxy) is 1. The molecular weight excluding hydrogens is 194 g/mol. The van der Waals surface area contributed by atoms with Crippen molar-refractivity contribution in [2.75, 3.05) is 7.11 Å². The fourth-order valence-corrected chi connectivity index (χ4v) is 1.44. The van der Waals surface area contributed by atoms with Crippen molar-refractivity contribution in [1.82, 2.24) is 5.32 Å². The first-order valence-electron chi connectivity index (χ1n) is 5.06. The van der Waals surface area contributed by atoms with E-state index in [1.807, 2.05) is 19.1 Å². The molecule has 15 heavy (non-hydrogen) atoms. The maximum Gasteiger partial charge on any atom is 0.322 e. The summed E-state index contributed by atoms with van der Waals surface area (Å²) in [6.07, 6.45) is 2.48. The zero-order valence-corrected chi connectivity index (χ0v) is 9.32. The normalized spacial score (nSPS) is 14.6. The summed E-state index contributed by atoms with van der Waals surface area (Å²) < 4.78 is 9.93. The van der Waals surface area contributed by atoms with Gasteiger partial charge in [0.05, 0.1) is 19.4 Å². The summed E-state index contributed by atoms with van der Waals surface area (Å²) in [4.78, 5) is 11.2. The molecule has 2 atom stereocenters. The van der Waals surface area contributed by atoms with Gasteiger partial charge in [0.1, 0.15) is 11.8 Å². The van der Waals surface area contributed by atoms with Gasteiger partial charge < -0.3 is 9.15 Å². The van der Waals surface area contributed by atoms with Gasteiger partial charge >= 0.3 is 5.97 Å². The fourth-order valence-electron chi connectivity index (χ4n) is 1.44. The Kier molecular flexibility index (Phi) is 4.37. The molecule has 4 nitrogen and oxygen atoms in total. The van der Waals surface area contributed by atoms with Gasteiger partial charge in [0.25, 0.3) is 0 Å². The number of hydrogen-bond donors (Lipinski definition) is 1. The highest BCUT2D eigenvalue weighted by Gasteiger charge is 2.19. The summed E-state index contributed by atoms with van der Waals surface area (Å²) in [7, 11) is 1.38. The average Bonchev–Trinajstić information content (AvgIpc) is 2.77. The highest BCUT2D eigenvalue weighted by Crippen LogP contribution is 2.17. The second-order valence-electron chi connectivity index (χ2n) is 3.39. The molecule has 0 aliphatic carbocycles. The largest absolute Gasteiger partial charge is 0.468 e. The van der Waals surface area contributed by atoms with E-state index in [0.717, 1.165) is 12.2 Å².